The first-order chi connectivity index (χ1) is 11.4. The summed E-state index contributed by atoms with van der Waals surface area (Å²) in [5.41, 5.74) is -0.108. The van der Waals surface area contributed by atoms with Crippen LogP contribution >= 0.6 is 11.6 Å². The van der Waals surface area contributed by atoms with Gasteiger partial charge in [-0.1, -0.05) is 17.7 Å². The summed E-state index contributed by atoms with van der Waals surface area (Å²) in [5.74, 6) is -1.24. The van der Waals surface area contributed by atoms with Crippen molar-refractivity contribution in [2.45, 2.75) is 38.6 Å². The highest BCUT2D eigenvalue weighted by Gasteiger charge is 2.27. The molecule has 0 radical (unpaired) electrons. The second-order valence-corrected chi connectivity index (χ2v) is 6.34. The Morgan fingerprint density at radius 2 is 1.92 bits per heavy atom. The zero-order valence-corrected chi connectivity index (χ0v) is 14.2. The minimum Gasteiger partial charge on any atom is -0.353 e. The number of carbonyl (C=O) groups excluding carboxylic acids is 3. The van der Waals surface area contributed by atoms with Crippen LogP contribution in [0.2, 0.25) is 5.02 Å². The van der Waals surface area contributed by atoms with Gasteiger partial charge in [0.25, 0.3) is 5.91 Å². The lowest BCUT2D eigenvalue weighted by Crippen LogP contribution is -2.46. The van der Waals surface area contributed by atoms with E-state index in [0.29, 0.717) is 25.9 Å². The van der Waals surface area contributed by atoms with E-state index in [-0.39, 0.29) is 41.2 Å². The van der Waals surface area contributed by atoms with Crippen molar-refractivity contribution in [1.29, 1.82) is 0 Å². The van der Waals surface area contributed by atoms with Crippen molar-refractivity contribution in [3.8, 4) is 0 Å². The quantitative estimate of drug-likeness (QED) is 0.883. The number of ketones is 1. The number of amides is 2. The first-order valence-electron chi connectivity index (χ1n) is 7.90. The van der Waals surface area contributed by atoms with Crippen molar-refractivity contribution in [1.82, 2.24) is 10.2 Å². The summed E-state index contributed by atoms with van der Waals surface area (Å²) in [4.78, 5) is 36.6. The van der Waals surface area contributed by atoms with Gasteiger partial charge in [-0.3, -0.25) is 9.59 Å². The predicted octanol–water partition coefficient (Wildman–Crippen LogP) is 2.57. The van der Waals surface area contributed by atoms with Crippen molar-refractivity contribution in [2.24, 2.45) is 0 Å². The summed E-state index contributed by atoms with van der Waals surface area (Å²) in [7, 11) is 0. The third-order valence-electron chi connectivity index (χ3n) is 4.03. The molecular weight excluding hydrogens is 335 g/mol. The van der Waals surface area contributed by atoms with E-state index in [9.17, 15) is 18.8 Å². The van der Waals surface area contributed by atoms with Gasteiger partial charge in [0.1, 0.15) is 11.6 Å². The lowest BCUT2D eigenvalue weighted by Gasteiger charge is -2.32. The number of hydrogen-bond acceptors (Lipinski definition) is 3. The maximum atomic E-state index is 13.8. The monoisotopic (exact) mass is 354 g/mol. The van der Waals surface area contributed by atoms with Crippen molar-refractivity contribution in [3.63, 3.8) is 0 Å². The van der Waals surface area contributed by atoms with Gasteiger partial charge >= 0.3 is 0 Å². The summed E-state index contributed by atoms with van der Waals surface area (Å²) in [5, 5.41) is 2.96. The highest BCUT2D eigenvalue weighted by Crippen LogP contribution is 2.22. The van der Waals surface area contributed by atoms with Crippen LogP contribution in [0.5, 0.6) is 0 Å². The van der Waals surface area contributed by atoms with E-state index in [1.807, 2.05) is 0 Å². The molecule has 1 fully saturated rings. The number of likely N-dealkylation sites (tertiary alicyclic amines) is 1. The zero-order chi connectivity index (χ0) is 17.7. The number of Topliss-reactive ketones (excluding diaryl/α,β-unsaturated/α-hetero) is 1. The van der Waals surface area contributed by atoms with E-state index < -0.39 is 11.7 Å². The van der Waals surface area contributed by atoms with Crippen LogP contribution in [-0.4, -0.2) is 41.6 Å². The highest BCUT2D eigenvalue weighted by atomic mass is 35.5. The molecule has 2 amide bonds. The third kappa shape index (κ3) is 4.77. The summed E-state index contributed by atoms with van der Waals surface area (Å²) in [6.07, 6.45) is 1.58. The highest BCUT2D eigenvalue weighted by molar-refractivity contribution is 6.33. The summed E-state index contributed by atoms with van der Waals surface area (Å²) < 4.78 is 13.8. The largest absolute Gasteiger partial charge is 0.353 e. The molecule has 0 bridgehead atoms. The minimum atomic E-state index is -0.632. The Bertz CT molecular complexity index is 622. The van der Waals surface area contributed by atoms with Crippen molar-refractivity contribution in [2.75, 3.05) is 13.1 Å². The average molecular weight is 355 g/mol. The van der Waals surface area contributed by atoms with E-state index in [2.05, 4.69) is 5.32 Å². The molecule has 0 spiro atoms. The minimum absolute atomic E-state index is 0.0210. The third-order valence-corrected chi connectivity index (χ3v) is 4.34. The molecule has 2 rings (SSSR count). The van der Waals surface area contributed by atoms with Gasteiger partial charge in [0.05, 0.1) is 10.6 Å². The van der Waals surface area contributed by atoms with Gasteiger partial charge in [0.2, 0.25) is 5.91 Å². The molecule has 1 aromatic rings. The fraction of sp³-hybridized carbons (Fsp3) is 0.471. The molecule has 5 nitrogen and oxygen atoms in total. The number of carbonyl (C=O) groups is 3. The van der Waals surface area contributed by atoms with Crippen LogP contribution in [0.3, 0.4) is 0 Å². The first kappa shape index (κ1) is 18.4. The number of nitrogens with zero attached hydrogens (tertiary/aromatic N) is 1. The first-order valence-corrected chi connectivity index (χ1v) is 8.28. The topological polar surface area (TPSA) is 66.5 Å². The Balaban J connectivity index is 1.87. The van der Waals surface area contributed by atoms with E-state index in [1.54, 1.807) is 4.90 Å². The molecule has 0 aromatic heterocycles. The standard InChI is InChI=1S/C17H20ClFN2O3/c1-11(22)5-6-15(23)20-12-7-9-21(10-8-12)17(24)16-13(18)3-2-4-14(16)19/h2-4,12H,5-10H2,1H3,(H,20,23). The van der Waals surface area contributed by atoms with Crippen LogP contribution in [0, 0.1) is 5.82 Å². The lowest BCUT2D eigenvalue weighted by molar-refractivity contribution is -0.125. The molecule has 1 aliphatic heterocycles. The molecule has 1 aromatic carbocycles. The maximum absolute atomic E-state index is 13.8. The smallest absolute Gasteiger partial charge is 0.258 e. The number of halogens is 2. The Hall–Kier alpha value is -1.95. The molecule has 0 saturated carbocycles. The number of nitrogens with one attached hydrogen (secondary N) is 1. The molecular formula is C17H20ClFN2O3. The van der Waals surface area contributed by atoms with E-state index in [0.717, 1.165) is 0 Å². The zero-order valence-electron chi connectivity index (χ0n) is 13.5. The number of piperidine rings is 1. The van der Waals surface area contributed by atoms with Gasteiger partial charge in [-0.05, 0) is 31.9 Å². The van der Waals surface area contributed by atoms with Gasteiger partial charge in [-0.15, -0.1) is 0 Å². The molecule has 1 heterocycles. The number of benzene rings is 1. The molecule has 24 heavy (non-hydrogen) atoms. The SMILES string of the molecule is CC(=O)CCC(=O)NC1CCN(C(=O)c2c(F)cccc2Cl)CC1. The number of hydrogen-bond donors (Lipinski definition) is 1. The molecule has 0 atom stereocenters. The fourth-order valence-corrected chi connectivity index (χ4v) is 2.92. The van der Waals surface area contributed by atoms with Crippen LogP contribution in [0.4, 0.5) is 4.39 Å². The van der Waals surface area contributed by atoms with E-state index in [1.165, 1.54) is 25.1 Å². The Kier molecular flexibility index (Phi) is 6.31. The van der Waals surface area contributed by atoms with Crippen LogP contribution in [0.25, 0.3) is 0 Å². The van der Waals surface area contributed by atoms with Crippen LogP contribution in [-0.2, 0) is 9.59 Å². The second kappa shape index (κ2) is 8.24. The van der Waals surface area contributed by atoms with E-state index in [4.69, 9.17) is 11.6 Å². The molecule has 0 unspecified atom stereocenters. The van der Waals surface area contributed by atoms with Crippen LogP contribution in [0.1, 0.15) is 43.0 Å². The van der Waals surface area contributed by atoms with Crippen LogP contribution in [0.15, 0.2) is 18.2 Å². The number of rotatable bonds is 5. The summed E-state index contributed by atoms with van der Waals surface area (Å²) in [6.45, 7) is 2.29. The van der Waals surface area contributed by atoms with Gasteiger partial charge in [-0.25, -0.2) is 4.39 Å². The molecule has 130 valence electrons. The average Bonchev–Trinajstić information content (AvgIpc) is 2.53. The molecule has 1 N–H and O–H groups in total. The second-order valence-electron chi connectivity index (χ2n) is 5.93. The Labute approximate surface area is 145 Å². The predicted molar refractivity (Wildman–Crippen MR) is 88.4 cm³/mol. The van der Waals surface area contributed by atoms with Gasteiger partial charge in [-0.2, -0.15) is 0 Å². The van der Waals surface area contributed by atoms with Gasteiger partial charge in [0.15, 0.2) is 0 Å². The maximum Gasteiger partial charge on any atom is 0.258 e. The van der Waals surface area contributed by atoms with Gasteiger partial charge < -0.3 is 15.0 Å². The molecule has 0 aliphatic carbocycles. The normalized spacial score (nSPS) is 15.2. The molecule has 7 heteroatoms. The van der Waals surface area contributed by atoms with Crippen LogP contribution < -0.4 is 5.32 Å². The fourth-order valence-electron chi connectivity index (χ4n) is 2.68. The summed E-state index contributed by atoms with van der Waals surface area (Å²) >= 11 is 5.93. The summed E-state index contributed by atoms with van der Waals surface area (Å²) in [6, 6.07) is 4.11. The van der Waals surface area contributed by atoms with Crippen molar-refractivity contribution < 1.29 is 18.8 Å². The van der Waals surface area contributed by atoms with Crippen molar-refractivity contribution in [3.05, 3.63) is 34.6 Å². The Morgan fingerprint density at radius 1 is 1.25 bits per heavy atom. The lowest BCUT2D eigenvalue weighted by atomic mass is 10.0. The van der Waals surface area contributed by atoms with Gasteiger partial charge in [0, 0.05) is 32.0 Å². The van der Waals surface area contributed by atoms with E-state index >= 15 is 0 Å². The Morgan fingerprint density at radius 3 is 2.50 bits per heavy atom. The molecule has 1 saturated heterocycles. The molecule has 1 aliphatic rings. The van der Waals surface area contributed by atoms with Crippen molar-refractivity contribution >= 4 is 29.2 Å².